The Kier molecular flexibility index (Phi) is 7.18. The van der Waals surface area contributed by atoms with Crippen LogP contribution in [0.5, 0.6) is 5.75 Å². The molecule has 0 radical (unpaired) electrons. The summed E-state index contributed by atoms with van der Waals surface area (Å²) in [6.07, 6.45) is 8.08. The van der Waals surface area contributed by atoms with E-state index in [1.165, 1.54) is 25.0 Å². The molecule has 1 saturated carbocycles. The Bertz CT molecular complexity index is 712. The van der Waals surface area contributed by atoms with Crippen LogP contribution in [0.25, 0.3) is 5.57 Å². The maximum absolute atomic E-state index is 14.4. The third-order valence-corrected chi connectivity index (χ3v) is 5.50. The van der Waals surface area contributed by atoms with Crippen molar-refractivity contribution in [3.63, 3.8) is 0 Å². The van der Waals surface area contributed by atoms with Crippen LogP contribution in [-0.4, -0.2) is 12.4 Å². The first-order valence-corrected chi connectivity index (χ1v) is 9.68. The molecule has 0 unspecified atom stereocenters. The van der Waals surface area contributed by atoms with Crippen LogP contribution in [0.15, 0.2) is 54.4 Å². The van der Waals surface area contributed by atoms with E-state index in [1.54, 1.807) is 6.92 Å². The summed E-state index contributed by atoms with van der Waals surface area (Å²) in [6.45, 7) is 12.1. The van der Waals surface area contributed by atoms with Gasteiger partial charge in [-0.05, 0) is 73.3 Å². The van der Waals surface area contributed by atoms with Crippen LogP contribution >= 0.6 is 0 Å². The molecule has 0 heterocycles. The SMILES string of the molecule is C=CC=C(C=O)C(F)=C(C)c1ccc(OC2CCC(C(C)(C)C)CC2)cc1. The summed E-state index contributed by atoms with van der Waals surface area (Å²) in [5.41, 5.74) is 1.51. The smallest absolute Gasteiger partial charge is 0.153 e. The molecule has 3 heteroatoms. The van der Waals surface area contributed by atoms with E-state index in [-0.39, 0.29) is 11.7 Å². The second-order valence-electron chi connectivity index (χ2n) is 8.40. The Morgan fingerprint density at radius 2 is 1.74 bits per heavy atom. The number of allylic oxidation sites excluding steroid dienone is 5. The zero-order valence-corrected chi connectivity index (χ0v) is 16.9. The molecule has 1 fully saturated rings. The minimum absolute atomic E-state index is 0.00145. The number of hydrogen-bond acceptors (Lipinski definition) is 2. The molecule has 2 rings (SSSR count). The number of benzene rings is 1. The molecule has 0 saturated heterocycles. The second kappa shape index (κ2) is 9.16. The number of carbonyl (C=O) groups excluding carboxylic acids is 1. The minimum atomic E-state index is -0.529. The average molecular weight is 371 g/mol. The van der Waals surface area contributed by atoms with Crippen molar-refractivity contribution in [3.8, 4) is 5.75 Å². The Balaban J connectivity index is 2.03. The van der Waals surface area contributed by atoms with Crippen molar-refractivity contribution in [1.29, 1.82) is 0 Å². The number of aldehydes is 1. The topological polar surface area (TPSA) is 26.3 Å². The first-order chi connectivity index (χ1) is 12.8. The van der Waals surface area contributed by atoms with Gasteiger partial charge in [-0.2, -0.15) is 0 Å². The van der Waals surface area contributed by atoms with Gasteiger partial charge >= 0.3 is 0 Å². The highest BCUT2D eigenvalue weighted by molar-refractivity contribution is 5.85. The molecule has 0 atom stereocenters. The van der Waals surface area contributed by atoms with Gasteiger partial charge in [0.1, 0.15) is 11.6 Å². The summed E-state index contributed by atoms with van der Waals surface area (Å²) in [6, 6.07) is 7.42. The summed E-state index contributed by atoms with van der Waals surface area (Å²) in [7, 11) is 0. The van der Waals surface area contributed by atoms with E-state index in [4.69, 9.17) is 4.74 Å². The average Bonchev–Trinajstić information content (AvgIpc) is 2.65. The molecular formula is C24H31FO2. The van der Waals surface area contributed by atoms with Crippen LogP contribution < -0.4 is 4.74 Å². The van der Waals surface area contributed by atoms with Crippen LogP contribution in [0.1, 0.15) is 58.9 Å². The van der Waals surface area contributed by atoms with Gasteiger partial charge in [0.2, 0.25) is 0 Å². The lowest BCUT2D eigenvalue weighted by molar-refractivity contribution is -0.104. The lowest BCUT2D eigenvalue weighted by Crippen LogP contribution is -2.30. The summed E-state index contributed by atoms with van der Waals surface area (Å²) in [5, 5.41) is 0. The van der Waals surface area contributed by atoms with Crippen LogP contribution in [0.2, 0.25) is 0 Å². The number of ether oxygens (including phenoxy) is 1. The van der Waals surface area contributed by atoms with E-state index in [0.717, 1.165) is 30.1 Å². The Labute approximate surface area is 162 Å². The van der Waals surface area contributed by atoms with Gasteiger partial charge in [-0.3, -0.25) is 4.79 Å². The highest BCUT2D eigenvalue weighted by atomic mass is 19.1. The van der Waals surface area contributed by atoms with Crippen molar-refractivity contribution in [3.05, 3.63) is 60.0 Å². The second-order valence-corrected chi connectivity index (χ2v) is 8.40. The summed E-state index contributed by atoms with van der Waals surface area (Å²) < 4.78 is 20.6. The fourth-order valence-electron chi connectivity index (χ4n) is 3.66. The predicted octanol–water partition coefficient (Wildman–Crippen LogP) is 6.68. The number of carbonyl (C=O) groups is 1. The molecule has 0 N–H and O–H groups in total. The standard InChI is InChI=1S/C24H31FO2/c1-6-7-19(16-26)23(25)17(2)18-8-12-21(13-9-18)27-22-14-10-20(11-15-22)24(3,4)5/h6-9,12-13,16,20,22H,1,10-11,14-15H2,2-5H3. The molecule has 1 aromatic rings. The molecule has 2 nitrogen and oxygen atoms in total. The van der Waals surface area contributed by atoms with Gasteiger partial charge < -0.3 is 4.74 Å². The lowest BCUT2D eigenvalue weighted by atomic mass is 9.72. The minimum Gasteiger partial charge on any atom is -0.490 e. The van der Waals surface area contributed by atoms with Gasteiger partial charge in [0, 0.05) is 0 Å². The van der Waals surface area contributed by atoms with E-state index in [0.29, 0.717) is 17.3 Å². The van der Waals surface area contributed by atoms with Gasteiger partial charge in [0.15, 0.2) is 6.29 Å². The van der Waals surface area contributed by atoms with Gasteiger partial charge in [0.25, 0.3) is 0 Å². The highest BCUT2D eigenvalue weighted by Crippen LogP contribution is 2.38. The Hall–Kier alpha value is -2.16. The highest BCUT2D eigenvalue weighted by Gasteiger charge is 2.30. The molecule has 27 heavy (non-hydrogen) atoms. The first kappa shape index (κ1) is 21.1. The van der Waals surface area contributed by atoms with Crippen LogP contribution in [0, 0.1) is 11.3 Å². The maximum atomic E-state index is 14.4. The Morgan fingerprint density at radius 1 is 1.15 bits per heavy atom. The zero-order chi connectivity index (χ0) is 20.0. The molecule has 146 valence electrons. The number of rotatable bonds is 6. The van der Waals surface area contributed by atoms with Gasteiger partial charge in [-0.15, -0.1) is 0 Å². The van der Waals surface area contributed by atoms with Gasteiger partial charge in [-0.1, -0.05) is 45.6 Å². The van der Waals surface area contributed by atoms with E-state index < -0.39 is 5.83 Å². The maximum Gasteiger partial charge on any atom is 0.153 e. The fraction of sp³-hybridized carbons (Fsp3) is 0.458. The summed E-state index contributed by atoms with van der Waals surface area (Å²) in [5.74, 6) is 1.04. The van der Waals surface area contributed by atoms with E-state index in [9.17, 15) is 9.18 Å². The molecule has 0 amide bonds. The molecule has 0 aliphatic heterocycles. The summed E-state index contributed by atoms with van der Waals surface area (Å²) in [4.78, 5) is 11.0. The molecule has 1 aliphatic carbocycles. The third-order valence-electron chi connectivity index (χ3n) is 5.50. The van der Waals surface area contributed by atoms with Crippen molar-refractivity contribution in [2.45, 2.75) is 59.5 Å². The van der Waals surface area contributed by atoms with Crippen molar-refractivity contribution in [2.24, 2.45) is 11.3 Å². The van der Waals surface area contributed by atoms with E-state index in [2.05, 4.69) is 27.4 Å². The third kappa shape index (κ3) is 5.66. The summed E-state index contributed by atoms with van der Waals surface area (Å²) >= 11 is 0. The van der Waals surface area contributed by atoms with Gasteiger partial charge in [0.05, 0.1) is 11.7 Å². The van der Waals surface area contributed by atoms with Crippen molar-refractivity contribution in [1.82, 2.24) is 0 Å². The molecule has 0 bridgehead atoms. The van der Waals surface area contributed by atoms with Crippen molar-refractivity contribution >= 4 is 11.9 Å². The van der Waals surface area contributed by atoms with E-state index in [1.807, 2.05) is 24.3 Å². The van der Waals surface area contributed by atoms with Crippen LogP contribution in [0.4, 0.5) is 4.39 Å². The van der Waals surface area contributed by atoms with Crippen LogP contribution in [-0.2, 0) is 4.79 Å². The predicted molar refractivity (Wildman–Crippen MR) is 110 cm³/mol. The Morgan fingerprint density at radius 3 is 2.22 bits per heavy atom. The molecular weight excluding hydrogens is 339 g/mol. The van der Waals surface area contributed by atoms with Crippen LogP contribution in [0.3, 0.4) is 0 Å². The quantitative estimate of drug-likeness (QED) is 0.317. The normalized spacial score (nSPS) is 22.0. The first-order valence-electron chi connectivity index (χ1n) is 9.68. The monoisotopic (exact) mass is 370 g/mol. The number of hydrogen-bond donors (Lipinski definition) is 0. The molecule has 1 aromatic carbocycles. The largest absolute Gasteiger partial charge is 0.490 e. The molecule has 0 spiro atoms. The molecule has 1 aliphatic rings. The number of halogens is 1. The molecule has 0 aromatic heterocycles. The van der Waals surface area contributed by atoms with Crippen molar-refractivity contribution < 1.29 is 13.9 Å². The zero-order valence-electron chi connectivity index (χ0n) is 16.9. The van der Waals surface area contributed by atoms with E-state index >= 15 is 0 Å². The van der Waals surface area contributed by atoms with Gasteiger partial charge in [-0.25, -0.2) is 4.39 Å². The van der Waals surface area contributed by atoms with Crippen molar-refractivity contribution in [2.75, 3.05) is 0 Å². The fourth-order valence-corrected chi connectivity index (χ4v) is 3.66. The lowest BCUT2D eigenvalue weighted by Gasteiger charge is -2.36.